The summed E-state index contributed by atoms with van der Waals surface area (Å²) in [6.07, 6.45) is -3.03. The summed E-state index contributed by atoms with van der Waals surface area (Å²) < 4.78 is 58.3. The first kappa shape index (κ1) is 25.6. The number of esters is 1. The fraction of sp³-hybridized carbons (Fsp3) is 0.462. The van der Waals surface area contributed by atoms with Gasteiger partial charge in [0.1, 0.15) is 17.7 Å². The lowest BCUT2D eigenvalue weighted by Crippen LogP contribution is -2.33. The minimum Gasteiger partial charge on any atom is -0.457 e. The van der Waals surface area contributed by atoms with Crippen molar-refractivity contribution in [3.63, 3.8) is 0 Å². The molecule has 4 nitrogen and oxygen atoms in total. The molecule has 2 aliphatic heterocycles. The highest BCUT2D eigenvalue weighted by molar-refractivity contribution is 6.30. The summed E-state index contributed by atoms with van der Waals surface area (Å²) in [6.45, 7) is 2.33. The zero-order valence-electron chi connectivity index (χ0n) is 19.0. The summed E-state index contributed by atoms with van der Waals surface area (Å²) in [6, 6.07) is 10.1. The lowest BCUT2D eigenvalue weighted by molar-refractivity contribution is -0.143. The number of rotatable bonds is 5. The van der Waals surface area contributed by atoms with Crippen molar-refractivity contribution in [2.75, 3.05) is 13.1 Å². The molecule has 188 valence electrons. The molecule has 2 aromatic carbocycles. The molecule has 3 atom stereocenters. The first-order chi connectivity index (χ1) is 16.6. The van der Waals surface area contributed by atoms with Gasteiger partial charge in [-0.15, -0.1) is 0 Å². The van der Waals surface area contributed by atoms with Crippen molar-refractivity contribution in [2.45, 2.75) is 50.9 Å². The van der Waals surface area contributed by atoms with Crippen molar-refractivity contribution in [2.24, 2.45) is 11.8 Å². The van der Waals surface area contributed by atoms with Gasteiger partial charge in [0, 0.05) is 17.5 Å². The summed E-state index contributed by atoms with van der Waals surface area (Å²) in [7, 11) is 0. The number of halogens is 5. The average Bonchev–Trinajstić information content (AvgIpc) is 3.17. The molecule has 0 radical (unpaired) electrons. The number of nitrogens with zero attached hydrogens (tertiary/aromatic N) is 1. The lowest BCUT2D eigenvalue weighted by Gasteiger charge is -2.29. The Bertz CT molecular complexity index is 1070. The van der Waals surface area contributed by atoms with Gasteiger partial charge in [0.05, 0.1) is 17.9 Å². The van der Waals surface area contributed by atoms with Crippen LogP contribution in [0.1, 0.15) is 54.9 Å². The van der Waals surface area contributed by atoms with Gasteiger partial charge in [-0.2, -0.15) is 13.2 Å². The molecule has 0 N–H and O–H groups in total. The second-order valence-electron chi connectivity index (χ2n) is 9.24. The summed E-state index contributed by atoms with van der Waals surface area (Å²) in [5, 5.41) is 0.669. The molecule has 0 saturated carbocycles. The van der Waals surface area contributed by atoms with E-state index in [1.54, 1.807) is 0 Å². The molecule has 0 unspecified atom stereocenters. The SMILES string of the molecule is O=C1C[C@H](C(=O)[C@H]2CCCCN(Cc3ccc(Cl)cc3)CC2)[C@@H](c2ccc(C(F)(F)F)c(F)c2)O1. The predicted octanol–water partition coefficient (Wildman–Crippen LogP) is 6.36. The van der Waals surface area contributed by atoms with Crippen molar-refractivity contribution in [1.29, 1.82) is 0 Å². The molecule has 0 aliphatic carbocycles. The van der Waals surface area contributed by atoms with E-state index in [1.807, 2.05) is 24.3 Å². The number of alkyl halides is 3. The van der Waals surface area contributed by atoms with Crippen molar-refractivity contribution in [1.82, 2.24) is 4.90 Å². The number of carbonyl (C=O) groups is 2. The Balaban J connectivity index is 1.46. The van der Waals surface area contributed by atoms with Gasteiger partial charge < -0.3 is 4.74 Å². The van der Waals surface area contributed by atoms with Crippen LogP contribution in [0.15, 0.2) is 42.5 Å². The van der Waals surface area contributed by atoms with Gasteiger partial charge in [-0.25, -0.2) is 4.39 Å². The third kappa shape index (κ3) is 6.22. The van der Waals surface area contributed by atoms with Crippen molar-refractivity contribution >= 4 is 23.4 Å². The number of ether oxygens (including phenoxy) is 1. The van der Waals surface area contributed by atoms with Gasteiger partial charge in [-0.3, -0.25) is 14.5 Å². The Labute approximate surface area is 206 Å². The number of hydrogen-bond acceptors (Lipinski definition) is 4. The molecule has 0 aromatic heterocycles. The smallest absolute Gasteiger partial charge is 0.419 e. The van der Waals surface area contributed by atoms with E-state index in [-0.39, 0.29) is 23.7 Å². The zero-order valence-corrected chi connectivity index (χ0v) is 19.7. The third-order valence-corrected chi connectivity index (χ3v) is 7.05. The van der Waals surface area contributed by atoms with E-state index < -0.39 is 35.5 Å². The first-order valence-corrected chi connectivity index (χ1v) is 12.1. The Morgan fingerprint density at radius 1 is 1.06 bits per heavy atom. The maximum atomic E-state index is 14.2. The highest BCUT2D eigenvalue weighted by Gasteiger charge is 2.44. The third-order valence-electron chi connectivity index (χ3n) is 6.80. The monoisotopic (exact) mass is 511 g/mol. The van der Waals surface area contributed by atoms with Crippen LogP contribution in [0.5, 0.6) is 0 Å². The number of hydrogen-bond donors (Lipinski definition) is 0. The standard InChI is InChI=1S/C26H26ClF4NO3/c27-19-7-4-16(5-8-19)15-32-11-2-1-3-17(10-12-32)24(34)20-14-23(33)35-25(20)18-6-9-21(22(28)13-18)26(29,30)31/h4-9,13,17,20,25H,1-3,10-12,14-15H2/t17-,20+,25+/m0/s1. The fourth-order valence-electron chi connectivity index (χ4n) is 4.96. The molecular formula is C26H26ClF4NO3. The van der Waals surface area contributed by atoms with Crippen molar-refractivity contribution in [3.05, 3.63) is 70.0 Å². The van der Waals surface area contributed by atoms with Crippen LogP contribution in [-0.2, 0) is 27.0 Å². The Morgan fingerprint density at radius 2 is 1.80 bits per heavy atom. The van der Waals surface area contributed by atoms with Crippen LogP contribution in [0, 0.1) is 17.7 Å². The van der Waals surface area contributed by atoms with Gasteiger partial charge >= 0.3 is 12.1 Å². The summed E-state index contributed by atoms with van der Waals surface area (Å²) in [5.74, 6) is -3.34. The number of carbonyl (C=O) groups excluding carboxylic acids is 2. The van der Waals surface area contributed by atoms with Crippen LogP contribution >= 0.6 is 11.6 Å². The molecule has 0 amide bonds. The molecule has 2 fully saturated rings. The Kier molecular flexibility index (Phi) is 7.81. The van der Waals surface area contributed by atoms with E-state index in [4.69, 9.17) is 16.3 Å². The maximum Gasteiger partial charge on any atom is 0.419 e. The molecule has 4 rings (SSSR count). The minimum atomic E-state index is -4.83. The number of likely N-dealkylation sites (tertiary alicyclic amines) is 1. The molecule has 0 bridgehead atoms. The van der Waals surface area contributed by atoms with Crippen LogP contribution in [0.4, 0.5) is 17.6 Å². The van der Waals surface area contributed by atoms with E-state index in [0.717, 1.165) is 43.6 Å². The normalized spacial score (nSPS) is 24.0. The number of benzene rings is 2. The van der Waals surface area contributed by atoms with Gasteiger partial charge in [0.15, 0.2) is 0 Å². The van der Waals surface area contributed by atoms with Gasteiger partial charge in [-0.05, 0) is 67.7 Å². The predicted molar refractivity (Wildman–Crippen MR) is 122 cm³/mol. The average molecular weight is 512 g/mol. The minimum absolute atomic E-state index is 0.0647. The van der Waals surface area contributed by atoms with Crippen LogP contribution in [-0.4, -0.2) is 29.7 Å². The van der Waals surface area contributed by atoms with E-state index in [9.17, 15) is 27.2 Å². The lowest BCUT2D eigenvalue weighted by atomic mass is 9.81. The first-order valence-electron chi connectivity index (χ1n) is 11.7. The van der Waals surface area contributed by atoms with Crippen LogP contribution in [0.2, 0.25) is 5.02 Å². The zero-order chi connectivity index (χ0) is 25.2. The van der Waals surface area contributed by atoms with Crippen molar-refractivity contribution < 1.29 is 31.9 Å². The quantitative estimate of drug-likeness (QED) is 0.346. The Hall–Kier alpha value is -2.45. The van der Waals surface area contributed by atoms with E-state index in [0.29, 0.717) is 30.5 Å². The van der Waals surface area contributed by atoms with E-state index in [2.05, 4.69) is 4.90 Å². The van der Waals surface area contributed by atoms with Gasteiger partial charge in [0.25, 0.3) is 0 Å². The summed E-state index contributed by atoms with van der Waals surface area (Å²) in [4.78, 5) is 27.8. The molecule has 2 aliphatic rings. The molecule has 0 spiro atoms. The topological polar surface area (TPSA) is 46.6 Å². The van der Waals surface area contributed by atoms with Crippen LogP contribution < -0.4 is 0 Å². The largest absolute Gasteiger partial charge is 0.457 e. The molecule has 2 heterocycles. The summed E-state index contributed by atoms with van der Waals surface area (Å²) in [5.41, 5.74) is -0.207. The number of Topliss-reactive ketones (excluding diaryl/α,β-unsaturated/α-hetero) is 1. The Morgan fingerprint density at radius 3 is 2.49 bits per heavy atom. The number of cyclic esters (lactones) is 1. The molecule has 2 aromatic rings. The summed E-state index contributed by atoms with van der Waals surface area (Å²) >= 11 is 5.96. The molecule has 9 heteroatoms. The maximum absolute atomic E-state index is 14.2. The molecule has 35 heavy (non-hydrogen) atoms. The second-order valence-corrected chi connectivity index (χ2v) is 9.68. The highest BCUT2D eigenvalue weighted by atomic mass is 35.5. The van der Waals surface area contributed by atoms with Gasteiger partial charge in [-0.1, -0.05) is 36.2 Å². The van der Waals surface area contributed by atoms with Crippen LogP contribution in [0.3, 0.4) is 0 Å². The van der Waals surface area contributed by atoms with E-state index >= 15 is 0 Å². The van der Waals surface area contributed by atoms with Crippen LogP contribution in [0.25, 0.3) is 0 Å². The highest BCUT2D eigenvalue weighted by Crippen LogP contribution is 2.41. The van der Waals surface area contributed by atoms with Gasteiger partial charge in [0.2, 0.25) is 0 Å². The number of ketones is 1. The molecule has 2 saturated heterocycles. The van der Waals surface area contributed by atoms with Crippen molar-refractivity contribution in [3.8, 4) is 0 Å². The van der Waals surface area contributed by atoms with E-state index in [1.165, 1.54) is 0 Å². The second kappa shape index (κ2) is 10.7. The fourth-order valence-corrected chi connectivity index (χ4v) is 5.09. The molecular weight excluding hydrogens is 486 g/mol.